The lowest BCUT2D eigenvalue weighted by molar-refractivity contribution is 0.607. The lowest BCUT2D eigenvalue weighted by atomic mass is 10.1. The zero-order chi connectivity index (χ0) is 23.1. The third-order valence-electron chi connectivity index (χ3n) is 4.10. The van der Waals surface area contributed by atoms with Gasteiger partial charge >= 0.3 is 0 Å². The highest BCUT2D eigenvalue weighted by atomic mass is 32.2. The van der Waals surface area contributed by atoms with Crippen molar-refractivity contribution in [1.82, 2.24) is 19.9 Å². The summed E-state index contributed by atoms with van der Waals surface area (Å²) < 4.78 is 2.05. The first kappa shape index (κ1) is 27.0. The molecule has 1 aliphatic rings. The highest BCUT2D eigenvalue weighted by Gasteiger charge is 2.20. The standard InChI is InChI=1S/C16H16N4S2.C5H8.2C2H6/c1-21-16-14(22-12-5-3-2-4-6-12)15-18-10-11-9-17-8-7-13(11)20(15)19-16;1-3-5-4-2;2*1-2/h2-6,10,17H,7-9H2,1H3;3-5H,1H2,2H3;2*1-2H3/b;5-4-;;. The van der Waals surface area contributed by atoms with Crippen LogP contribution in [0.5, 0.6) is 0 Å². The third-order valence-corrected chi connectivity index (χ3v) is 5.99. The van der Waals surface area contributed by atoms with Gasteiger partial charge in [-0.15, -0.1) is 11.8 Å². The Balaban J connectivity index is 0.000000465. The van der Waals surface area contributed by atoms with E-state index >= 15 is 0 Å². The van der Waals surface area contributed by atoms with Crippen LogP contribution < -0.4 is 5.32 Å². The summed E-state index contributed by atoms with van der Waals surface area (Å²) in [5.74, 6) is 0. The van der Waals surface area contributed by atoms with Gasteiger partial charge < -0.3 is 5.32 Å². The van der Waals surface area contributed by atoms with Crippen molar-refractivity contribution in [2.24, 2.45) is 0 Å². The smallest absolute Gasteiger partial charge is 0.170 e. The van der Waals surface area contributed by atoms with Gasteiger partial charge in [-0.1, -0.05) is 82.5 Å². The van der Waals surface area contributed by atoms with Crippen LogP contribution in [0.25, 0.3) is 5.65 Å². The molecule has 4 nitrogen and oxygen atoms in total. The van der Waals surface area contributed by atoms with E-state index in [0.29, 0.717) is 0 Å². The van der Waals surface area contributed by atoms with Gasteiger partial charge in [0.15, 0.2) is 5.65 Å². The van der Waals surface area contributed by atoms with Gasteiger partial charge in [0.1, 0.15) is 5.03 Å². The number of nitrogens with one attached hydrogen (secondary N) is 1. The first-order valence-electron chi connectivity index (χ1n) is 10.9. The van der Waals surface area contributed by atoms with Gasteiger partial charge in [0, 0.05) is 36.2 Å². The van der Waals surface area contributed by atoms with Gasteiger partial charge in [-0.2, -0.15) is 5.10 Å². The number of hydrogen-bond acceptors (Lipinski definition) is 5. The van der Waals surface area contributed by atoms with Crippen LogP contribution in [0, 0.1) is 0 Å². The van der Waals surface area contributed by atoms with Gasteiger partial charge in [0.25, 0.3) is 0 Å². The van der Waals surface area contributed by atoms with Crippen LogP contribution in [-0.2, 0) is 13.0 Å². The molecular formula is C25H36N4S2. The van der Waals surface area contributed by atoms with Gasteiger partial charge in [0.2, 0.25) is 0 Å². The Hall–Kier alpha value is -2.02. The number of rotatable bonds is 4. The van der Waals surface area contributed by atoms with Crippen LogP contribution in [0.15, 0.2) is 76.2 Å². The van der Waals surface area contributed by atoms with E-state index in [9.17, 15) is 0 Å². The van der Waals surface area contributed by atoms with Crippen LogP contribution in [0.3, 0.4) is 0 Å². The molecule has 0 saturated heterocycles. The Morgan fingerprint density at radius 1 is 1.13 bits per heavy atom. The van der Waals surface area contributed by atoms with Crippen molar-refractivity contribution in [3.8, 4) is 0 Å². The zero-order valence-corrected chi connectivity index (χ0v) is 21.3. The topological polar surface area (TPSA) is 42.2 Å². The van der Waals surface area contributed by atoms with Crippen LogP contribution in [0.4, 0.5) is 0 Å². The minimum atomic E-state index is 0.883. The van der Waals surface area contributed by atoms with Crippen LogP contribution in [-0.4, -0.2) is 27.4 Å². The van der Waals surface area contributed by atoms with Crippen molar-refractivity contribution in [1.29, 1.82) is 0 Å². The Morgan fingerprint density at radius 2 is 1.84 bits per heavy atom. The first-order valence-corrected chi connectivity index (χ1v) is 12.9. The van der Waals surface area contributed by atoms with Crippen LogP contribution in [0.1, 0.15) is 45.9 Å². The molecule has 3 aromatic rings. The molecule has 1 aromatic carbocycles. The molecule has 2 aromatic heterocycles. The molecule has 0 unspecified atom stereocenters. The number of allylic oxidation sites excluding steroid dienone is 3. The summed E-state index contributed by atoms with van der Waals surface area (Å²) in [6.45, 7) is 15.3. The SMILES string of the molecule is C=C/C=C\C.CC.CC.CSc1nn2c3c(cnc2c1Sc1ccccc1)CNCC3. The van der Waals surface area contributed by atoms with Crippen LogP contribution in [0.2, 0.25) is 0 Å². The fourth-order valence-corrected chi connectivity index (χ4v) is 4.54. The van der Waals surface area contributed by atoms with E-state index in [1.54, 1.807) is 29.6 Å². The quantitative estimate of drug-likeness (QED) is 0.336. The van der Waals surface area contributed by atoms with Crippen molar-refractivity contribution >= 4 is 29.2 Å². The monoisotopic (exact) mass is 456 g/mol. The molecule has 4 rings (SSSR count). The summed E-state index contributed by atoms with van der Waals surface area (Å²) in [7, 11) is 0. The number of aromatic nitrogens is 3. The van der Waals surface area contributed by atoms with Crippen molar-refractivity contribution in [2.45, 2.75) is 62.4 Å². The Labute approximate surface area is 196 Å². The van der Waals surface area contributed by atoms with Gasteiger partial charge in [-0.25, -0.2) is 9.50 Å². The molecule has 0 amide bonds. The summed E-state index contributed by atoms with van der Waals surface area (Å²) in [5, 5.41) is 9.25. The molecular weight excluding hydrogens is 420 g/mol. The normalized spacial score (nSPS) is 11.9. The molecule has 0 saturated carbocycles. The van der Waals surface area contributed by atoms with Crippen molar-refractivity contribution in [2.75, 3.05) is 12.8 Å². The van der Waals surface area contributed by atoms with E-state index in [4.69, 9.17) is 5.10 Å². The average molecular weight is 457 g/mol. The van der Waals surface area contributed by atoms with E-state index in [-0.39, 0.29) is 0 Å². The Bertz CT molecular complexity index is 934. The molecule has 3 heterocycles. The van der Waals surface area contributed by atoms with Crippen molar-refractivity contribution in [3.05, 3.63) is 72.6 Å². The maximum Gasteiger partial charge on any atom is 0.170 e. The third kappa shape index (κ3) is 7.56. The predicted molar refractivity (Wildman–Crippen MR) is 138 cm³/mol. The van der Waals surface area contributed by atoms with Crippen molar-refractivity contribution < 1.29 is 0 Å². The van der Waals surface area contributed by atoms with Crippen molar-refractivity contribution in [3.63, 3.8) is 0 Å². The molecule has 0 aliphatic carbocycles. The number of benzene rings is 1. The predicted octanol–water partition coefficient (Wildman–Crippen LogP) is 7.05. The number of thioether (sulfide) groups is 1. The minimum absolute atomic E-state index is 0.883. The first-order chi connectivity index (χ1) is 15.3. The highest BCUT2D eigenvalue weighted by molar-refractivity contribution is 8.02. The Morgan fingerprint density at radius 3 is 2.42 bits per heavy atom. The maximum absolute atomic E-state index is 4.81. The molecule has 0 radical (unpaired) electrons. The maximum atomic E-state index is 4.81. The fourth-order valence-electron chi connectivity index (χ4n) is 2.84. The molecule has 168 valence electrons. The summed E-state index contributed by atoms with van der Waals surface area (Å²) >= 11 is 3.43. The molecule has 0 spiro atoms. The van der Waals surface area contributed by atoms with Gasteiger partial charge in [-0.05, 0) is 25.3 Å². The van der Waals surface area contributed by atoms with E-state index in [1.165, 1.54) is 16.2 Å². The number of nitrogens with zero attached hydrogens (tertiary/aromatic N) is 3. The Kier molecular flexibility index (Phi) is 13.7. The van der Waals surface area contributed by atoms with E-state index in [2.05, 4.69) is 47.4 Å². The zero-order valence-electron chi connectivity index (χ0n) is 19.7. The van der Waals surface area contributed by atoms with Gasteiger partial charge in [0.05, 0.1) is 10.6 Å². The highest BCUT2D eigenvalue weighted by Crippen LogP contribution is 2.37. The van der Waals surface area contributed by atoms with Crippen LogP contribution >= 0.6 is 23.5 Å². The molecule has 0 fully saturated rings. The van der Waals surface area contributed by atoms with E-state index in [0.717, 1.165) is 35.1 Å². The van der Waals surface area contributed by atoms with E-state index in [1.807, 2.05) is 63.5 Å². The summed E-state index contributed by atoms with van der Waals surface area (Å²) in [6.07, 6.45) is 10.6. The molecule has 31 heavy (non-hydrogen) atoms. The van der Waals surface area contributed by atoms with E-state index < -0.39 is 0 Å². The lowest BCUT2D eigenvalue weighted by Gasteiger charge is -2.17. The molecule has 1 aliphatic heterocycles. The summed E-state index contributed by atoms with van der Waals surface area (Å²) in [6, 6.07) is 10.4. The second kappa shape index (κ2) is 15.7. The van der Waals surface area contributed by atoms with Gasteiger partial charge in [-0.3, -0.25) is 0 Å². The lowest BCUT2D eigenvalue weighted by Crippen LogP contribution is -2.26. The molecule has 1 N–H and O–H groups in total. The second-order valence-corrected chi connectivity index (χ2v) is 7.79. The number of fused-ring (bicyclic) bond motifs is 3. The second-order valence-electron chi connectivity index (χ2n) is 5.91. The minimum Gasteiger partial charge on any atom is -0.312 e. The number of hydrogen-bond donors (Lipinski definition) is 1. The summed E-state index contributed by atoms with van der Waals surface area (Å²) in [5.41, 5.74) is 3.52. The summed E-state index contributed by atoms with van der Waals surface area (Å²) in [4.78, 5) is 7.05. The molecule has 0 bridgehead atoms. The molecule has 0 atom stereocenters. The average Bonchev–Trinajstić information content (AvgIpc) is 3.21. The fraction of sp³-hybridized carbons (Fsp3) is 0.360. The largest absolute Gasteiger partial charge is 0.312 e. The molecule has 6 heteroatoms.